The summed E-state index contributed by atoms with van der Waals surface area (Å²) < 4.78 is 0. The summed E-state index contributed by atoms with van der Waals surface area (Å²) in [6.07, 6.45) is 3.29. The standard InChI is InChI=1S/C11H16ClN3O2/c1-4-5-11(2,3)14-10-9(15(16)17)6-8(12)7-13-10/h6-7H,4-5H2,1-3H3,(H,13,14). The molecule has 1 aromatic rings. The molecular weight excluding hydrogens is 242 g/mol. The summed E-state index contributed by atoms with van der Waals surface area (Å²) in [5.41, 5.74) is -0.331. The minimum absolute atomic E-state index is 0.0957. The first-order valence-electron chi connectivity index (χ1n) is 5.44. The highest BCUT2D eigenvalue weighted by Crippen LogP contribution is 2.28. The van der Waals surface area contributed by atoms with Gasteiger partial charge in [0.15, 0.2) is 0 Å². The van der Waals surface area contributed by atoms with E-state index in [4.69, 9.17) is 11.6 Å². The van der Waals surface area contributed by atoms with Crippen molar-refractivity contribution in [1.82, 2.24) is 4.98 Å². The van der Waals surface area contributed by atoms with Crippen LogP contribution >= 0.6 is 11.6 Å². The average molecular weight is 258 g/mol. The van der Waals surface area contributed by atoms with Crippen LogP contribution in [0.3, 0.4) is 0 Å². The van der Waals surface area contributed by atoms with E-state index in [1.165, 1.54) is 12.3 Å². The lowest BCUT2D eigenvalue weighted by Gasteiger charge is -2.26. The third-order valence-corrected chi connectivity index (χ3v) is 2.57. The van der Waals surface area contributed by atoms with Crippen LogP contribution < -0.4 is 5.32 Å². The summed E-state index contributed by atoms with van der Waals surface area (Å²) in [5.74, 6) is 0.262. The monoisotopic (exact) mass is 257 g/mol. The van der Waals surface area contributed by atoms with Gasteiger partial charge in [-0.2, -0.15) is 0 Å². The van der Waals surface area contributed by atoms with Gasteiger partial charge in [0.2, 0.25) is 5.82 Å². The molecule has 1 rings (SSSR count). The Morgan fingerprint density at radius 2 is 2.24 bits per heavy atom. The van der Waals surface area contributed by atoms with Gasteiger partial charge < -0.3 is 5.32 Å². The zero-order valence-corrected chi connectivity index (χ0v) is 10.9. The first-order valence-corrected chi connectivity index (χ1v) is 5.81. The second-order valence-corrected chi connectivity index (χ2v) is 4.97. The second kappa shape index (κ2) is 5.31. The molecule has 1 heterocycles. The van der Waals surface area contributed by atoms with E-state index in [9.17, 15) is 10.1 Å². The van der Waals surface area contributed by atoms with Gasteiger partial charge in [0.05, 0.1) is 9.95 Å². The quantitative estimate of drug-likeness (QED) is 0.646. The summed E-state index contributed by atoms with van der Waals surface area (Å²) in [4.78, 5) is 14.4. The van der Waals surface area contributed by atoms with Gasteiger partial charge in [-0.15, -0.1) is 0 Å². The van der Waals surface area contributed by atoms with Gasteiger partial charge in [-0.05, 0) is 20.3 Å². The number of anilines is 1. The first-order chi connectivity index (χ1) is 7.85. The molecule has 0 saturated heterocycles. The van der Waals surface area contributed by atoms with E-state index in [1.807, 2.05) is 13.8 Å². The van der Waals surface area contributed by atoms with E-state index in [-0.39, 0.29) is 22.1 Å². The van der Waals surface area contributed by atoms with Gasteiger partial charge in [-0.3, -0.25) is 10.1 Å². The number of aromatic nitrogens is 1. The van der Waals surface area contributed by atoms with Gasteiger partial charge in [-0.25, -0.2) is 4.98 Å². The number of hydrogen-bond donors (Lipinski definition) is 1. The highest BCUT2D eigenvalue weighted by molar-refractivity contribution is 6.30. The molecule has 0 spiro atoms. The molecule has 0 fully saturated rings. The van der Waals surface area contributed by atoms with E-state index < -0.39 is 4.92 Å². The molecule has 1 N–H and O–H groups in total. The lowest BCUT2D eigenvalue weighted by atomic mass is 9.99. The van der Waals surface area contributed by atoms with Crippen molar-refractivity contribution in [2.75, 3.05) is 5.32 Å². The smallest absolute Gasteiger partial charge is 0.312 e. The minimum atomic E-state index is -0.483. The highest BCUT2D eigenvalue weighted by Gasteiger charge is 2.23. The minimum Gasteiger partial charge on any atom is -0.359 e. The van der Waals surface area contributed by atoms with Crippen molar-refractivity contribution < 1.29 is 4.92 Å². The van der Waals surface area contributed by atoms with Crippen LogP contribution in [0.4, 0.5) is 11.5 Å². The fourth-order valence-corrected chi connectivity index (χ4v) is 1.82. The number of rotatable bonds is 5. The largest absolute Gasteiger partial charge is 0.359 e. The van der Waals surface area contributed by atoms with Crippen LogP contribution in [0, 0.1) is 10.1 Å². The van der Waals surface area contributed by atoms with Crippen LogP contribution in [0.25, 0.3) is 0 Å². The molecule has 0 bridgehead atoms. The maximum absolute atomic E-state index is 10.9. The zero-order chi connectivity index (χ0) is 13.1. The number of nitro groups is 1. The predicted octanol–water partition coefficient (Wildman–Crippen LogP) is 3.63. The molecule has 0 amide bonds. The van der Waals surface area contributed by atoms with Gasteiger partial charge >= 0.3 is 5.69 Å². The van der Waals surface area contributed by atoms with Gasteiger partial charge in [0.1, 0.15) is 0 Å². The van der Waals surface area contributed by atoms with Crippen molar-refractivity contribution in [1.29, 1.82) is 0 Å². The topological polar surface area (TPSA) is 68.1 Å². The molecule has 94 valence electrons. The van der Waals surface area contributed by atoms with Crippen molar-refractivity contribution >= 4 is 23.1 Å². The fraction of sp³-hybridized carbons (Fsp3) is 0.545. The van der Waals surface area contributed by atoms with Crippen LogP contribution in [0.5, 0.6) is 0 Å². The van der Waals surface area contributed by atoms with Crippen molar-refractivity contribution in [2.45, 2.75) is 39.2 Å². The third kappa shape index (κ3) is 3.85. The maximum atomic E-state index is 10.9. The van der Waals surface area contributed by atoms with Crippen molar-refractivity contribution in [2.24, 2.45) is 0 Å². The summed E-state index contributed by atoms with van der Waals surface area (Å²) in [7, 11) is 0. The van der Waals surface area contributed by atoms with Crippen LogP contribution in [0.1, 0.15) is 33.6 Å². The van der Waals surface area contributed by atoms with Crippen LogP contribution in [0.15, 0.2) is 12.3 Å². The highest BCUT2D eigenvalue weighted by atomic mass is 35.5. The Kier molecular flexibility index (Phi) is 4.28. The summed E-state index contributed by atoms with van der Waals surface area (Å²) >= 11 is 5.70. The van der Waals surface area contributed by atoms with Crippen LogP contribution in [-0.2, 0) is 0 Å². The molecule has 0 aliphatic rings. The molecular formula is C11H16ClN3O2. The van der Waals surface area contributed by atoms with E-state index in [0.717, 1.165) is 12.8 Å². The van der Waals surface area contributed by atoms with Crippen LogP contribution in [0.2, 0.25) is 5.02 Å². The molecule has 1 aromatic heterocycles. The maximum Gasteiger partial charge on any atom is 0.312 e. The SMILES string of the molecule is CCCC(C)(C)Nc1ncc(Cl)cc1[N+](=O)[O-]. The molecule has 5 nitrogen and oxygen atoms in total. The molecule has 0 unspecified atom stereocenters. The number of hydrogen-bond acceptors (Lipinski definition) is 4. The first kappa shape index (κ1) is 13.7. The molecule has 0 aliphatic heterocycles. The van der Waals surface area contributed by atoms with Crippen molar-refractivity contribution in [3.05, 3.63) is 27.4 Å². The fourth-order valence-electron chi connectivity index (χ4n) is 1.67. The van der Waals surface area contributed by atoms with Crippen molar-refractivity contribution in [3.8, 4) is 0 Å². The number of nitrogens with one attached hydrogen (secondary N) is 1. The number of halogens is 1. The Morgan fingerprint density at radius 3 is 2.76 bits per heavy atom. The average Bonchev–Trinajstić information content (AvgIpc) is 2.20. The molecule has 0 radical (unpaired) electrons. The summed E-state index contributed by atoms with van der Waals surface area (Å²) in [6.45, 7) is 6.03. The Bertz CT molecular complexity index is 421. The predicted molar refractivity (Wildman–Crippen MR) is 68.5 cm³/mol. The molecule has 17 heavy (non-hydrogen) atoms. The summed E-state index contributed by atoms with van der Waals surface area (Å²) in [5, 5.41) is 14.2. The van der Waals surface area contributed by atoms with Gasteiger partial charge in [0, 0.05) is 17.8 Å². The van der Waals surface area contributed by atoms with Gasteiger partial charge in [-0.1, -0.05) is 24.9 Å². The van der Waals surface area contributed by atoms with Crippen molar-refractivity contribution in [3.63, 3.8) is 0 Å². The Morgan fingerprint density at radius 1 is 1.59 bits per heavy atom. The lowest BCUT2D eigenvalue weighted by molar-refractivity contribution is -0.384. The molecule has 6 heteroatoms. The molecule has 0 atom stereocenters. The normalized spacial score (nSPS) is 11.3. The Hall–Kier alpha value is -1.36. The lowest BCUT2D eigenvalue weighted by Crippen LogP contribution is -2.31. The Labute approximate surface area is 105 Å². The van der Waals surface area contributed by atoms with Gasteiger partial charge in [0.25, 0.3) is 0 Å². The van der Waals surface area contributed by atoms with E-state index in [2.05, 4.69) is 17.2 Å². The number of nitrogens with zero attached hydrogens (tertiary/aromatic N) is 2. The second-order valence-electron chi connectivity index (χ2n) is 4.54. The number of pyridine rings is 1. The molecule has 0 aromatic carbocycles. The van der Waals surface area contributed by atoms with E-state index in [0.29, 0.717) is 0 Å². The third-order valence-electron chi connectivity index (χ3n) is 2.36. The molecule has 0 aliphatic carbocycles. The Balaban J connectivity index is 3.02. The summed E-state index contributed by atoms with van der Waals surface area (Å²) in [6, 6.07) is 1.30. The molecule has 0 saturated carbocycles. The zero-order valence-electron chi connectivity index (χ0n) is 10.2. The van der Waals surface area contributed by atoms with E-state index in [1.54, 1.807) is 0 Å². The van der Waals surface area contributed by atoms with Crippen LogP contribution in [-0.4, -0.2) is 15.4 Å². The van der Waals surface area contributed by atoms with E-state index >= 15 is 0 Å².